The largest absolute Gasteiger partial charge is 0.465 e. The summed E-state index contributed by atoms with van der Waals surface area (Å²) in [5, 5.41) is 0. The molecule has 0 spiro atoms. The molecule has 0 bridgehead atoms. The highest BCUT2D eigenvalue weighted by atomic mass is 16.7. The van der Waals surface area contributed by atoms with Crippen molar-refractivity contribution in [2.24, 2.45) is 0 Å². The lowest BCUT2D eigenvalue weighted by atomic mass is 9.98. The average molecular weight is 578 g/mol. The molecule has 1 aromatic heterocycles. The van der Waals surface area contributed by atoms with Crippen molar-refractivity contribution in [2.45, 2.75) is 72.1 Å². The fourth-order valence-electron chi connectivity index (χ4n) is 5.41. The highest BCUT2D eigenvalue weighted by Crippen LogP contribution is 2.51. The fraction of sp³-hybridized carbons (Fsp3) is 0.469. The van der Waals surface area contributed by atoms with Crippen molar-refractivity contribution in [1.82, 2.24) is 9.88 Å². The van der Waals surface area contributed by atoms with Crippen molar-refractivity contribution in [3.05, 3.63) is 59.4 Å². The predicted molar refractivity (Wildman–Crippen MR) is 158 cm³/mol. The molecule has 10 nitrogen and oxygen atoms in total. The summed E-state index contributed by atoms with van der Waals surface area (Å²) < 4.78 is 29.4. The van der Waals surface area contributed by atoms with Crippen molar-refractivity contribution < 1.29 is 33.3 Å². The van der Waals surface area contributed by atoms with Gasteiger partial charge in [0, 0.05) is 61.2 Å². The number of hydrogen-bond acceptors (Lipinski definition) is 9. The Kier molecular flexibility index (Phi) is 7.70. The zero-order valence-electron chi connectivity index (χ0n) is 25.5. The summed E-state index contributed by atoms with van der Waals surface area (Å²) in [5.41, 5.74) is 2.55. The van der Waals surface area contributed by atoms with Gasteiger partial charge in [-0.15, -0.1) is 0 Å². The molecule has 3 aliphatic rings. The Bertz CT molecular complexity index is 1430. The summed E-state index contributed by atoms with van der Waals surface area (Å²) in [6, 6.07) is 5.70. The highest BCUT2D eigenvalue weighted by molar-refractivity contribution is 5.95. The zero-order valence-corrected chi connectivity index (χ0v) is 25.5. The summed E-state index contributed by atoms with van der Waals surface area (Å²) in [7, 11) is 1.35. The van der Waals surface area contributed by atoms with Gasteiger partial charge in [0.05, 0.1) is 24.9 Å². The van der Waals surface area contributed by atoms with Crippen molar-refractivity contribution in [2.75, 3.05) is 31.6 Å². The van der Waals surface area contributed by atoms with Gasteiger partial charge in [-0.25, -0.2) is 14.6 Å². The first-order chi connectivity index (χ1) is 19.8. The fourth-order valence-corrected chi connectivity index (χ4v) is 5.41. The molecule has 42 heavy (non-hydrogen) atoms. The van der Waals surface area contributed by atoms with E-state index in [4.69, 9.17) is 28.7 Å². The second-order valence-corrected chi connectivity index (χ2v) is 12.1. The Morgan fingerprint density at radius 2 is 1.79 bits per heavy atom. The van der Waals surface area contributed by atoms with E-state index in [-0.39, 0.29) is 12.2 Å². The lowest BCUT2D eigenvalue weighted by Gasteiger charge is -2.36. The van der Waals surface area contributed by atoms with Gasteiger partial charge in [-0.05, 0) is 65.8 Å². The Hall–Kier alpha value is -4.05. The number of hydrogen-bond donors (Lipinski definition) is 0. The first-order valence-electron chi connectivity index (χ1n) is 14.2. The minimum absolute atomic E-state index is 0.112. The number of fused-ring (bicyclic) bond motifs is 1. The van der Waals surface area contributed by atoms with Gasteiger partial charge in [-0.2, -0.15) is 0 Å². The zero-order chi connectivity index (χ0) is 30.4. The Morgan fingerprint density at radius 3 is 2.36 bits per heavy atom. The van der Waals surface area contributed by atoms with Crippen LogP contribution in [0.5, 0.6) is 11.5 Å². The lowest BCUT2D eigenvalue weighted by Crippen LogP contribution is -2.45. The second-order valence-electron chi connectivity index (χ2n) is 12.1. The monoisotopic (exact) mass is 577 g/mol. The summed E-state index contributed by atoms with van der Waals surface area (Å²) in [4.78, 5) is 33.8. The van der Waals surface area contributed by atoms with Crippen LogP contribution in [0.25, 0.3) is 11.1 Å². The van der Waals surface area contributed by atoms with E-state index < -0.39 is 23.5 Å². The number of pyridine rings is 1. The molecular formula is C32H39N3O7. The van der Waals surface area contributed by atoms with E-state index in [1.807, 2.05) is 45.9 Å². The SMILES string of the molecule is COC(=O)c1cc(-c2ccc(N3C[C@@H](C)O[C@@H](C)C3)nc2)c2c(c1C)OC(C)(C1=CCN(C(=O)OC(C)(C)C)C=C1)O2. The number of aromatic nitrogens is 1. The highest BCUT2D eigenvalue weighted by Gasteiger charge is 2.44. The minimum Gasteiger partial charge on any atom is -0.465 e. The van der Waals surface area contributed by atoms with Gasteiger partial charge in [0.15, 0.2) is 11.5 Å². The molecule has 1 unspecified atom stereocenters. The molecule has 2 aromatic rings. The standard InChI is InChI=1S/C32H39N3O7/c1-19-17-35(18-20(2)39-19)26-10-9-22(16-33-26)25-15-24(29(36)38-8)21(3)27-28(25)41-32(7,40-27)23-11-13-34(14-12-23)30(37)42-31(4,5)6/h9-13,15-16,19-20H,14,17-18H2,1-8H3/t19-,20+,32?. The van der Waals surface area contributed by atoms with E-state index >= 15 is 0 Å². The summed E-state index contributed by atoms with van der Waals surface area (Å²) in [6.07, 6.45) is 6.87. The number of morpholine rings is 1. The molecule has 3 aliphatic heterocycles. The number of carbonyl (C=O) groups excluding carboxylic acids is 2. The molecule has 224 valence electrons. The normalized spacial score (nSPS) is 23.5. The van der Waals surface area contributed by atoms with Crippen molar-refractivity contribution in [3.8, 4) is 22.6 Å². The van der Waals surface area contributed by atoms with Crippen LogP contribution in [0.4, 0.5) is 10.6 Å². The third-order valence-electron chi connectivity index (χ3n) is 7.38. The second kappa shape index (κ2) is 11.0. The number of esters is 1. The first kappa shape index (κ1) is 29.4. The number of amides is 1. The van der Waals surface area contributed by atoms with Crippen LogP contribution in [-0.2, 0) is 14.2 Å². The van der Waals surface area contributed by atoms with Gasteiger partial charge < -0.3 is 28.6 Å². The maximum atomic E-state index is 12.8. The van der Waals surface area contributed by atoms with Crippen molar-refractivity contribution in [1.29, 1.82) is 0 Å². The van der Waals surface area contributed by atoms with Crippen LogP contribution in [0.1, 0.15) is 57.5 Å². The number of nitrogens with zero attached hydrogens (tertiary/aromatic N) is 3. The molecular weight excluding hydrogens is 538 g/mol. The number of anilines is 1. The Morgan fingerprint density at radius 1 is 1.10 bits per heavy atom. The first-order valence-corrected chi connectivity index (χ1v) is 14.2. The van der Waals surface area contributed by atoms with Crippen molar-refractivity contribution in [3.63, 3.8) is 0 Å². The molecule has 5 rings (SSSR count). The maximum absolute atomic E-state index is 12.8. The van der Waals surface area contributed by atoms with Gasteiger partial charge >= 0.3 is 12.1 Å². The molecule has 0 aliphatic carbocycles. The van der Waals surface area contributed by atoms with E-state index in [0.29, 0.717) is 34.7 Å². The summed E-state index contributed by atoms with van der Waals surface area (Å²) >= 11 is 0. The van der Waals surface area contributed by atoms with Crippen LogP contribution in [0.2, 0.25) is 0 Å². The molecule has 1 aromatic carbocycles. The number of ether oxygens (including phenoxy) is 5. The van der Waals surface area contributed by atoms with E-state index in [9.17, 15) is 9.59 Å². The van der Waals surface area contributed by atoms with Crippen LogP contribution in [0.3, 0.4) is 0 Å². The van der Waals surface area contributed by atoms with Crippen LogP contribution >= 0.6 is 0 Å². The van der Waals surface area contributed by atoms with Crippen LogP contribution in [-0.4, -0.2) is 72.3 Å². The third-order valence-corrected chi connectivity index (χ3v) is 7.38. The molecule has 4 heterocycles. The molecule has 10 heteroatoms. The molecule has 1 saturated heterocycles. The predicted octanol–water partition coefficient (Wildman–Crippen LogP) is 5.64. The summed E-state index contributed by atoms with van der Waals surface area (Å²) in [5.74, 6) is 0.153. The van der Waals surface area contributed by atoms with Crippen molar-refractivity contribution >= 4 is 17.9 Å². The molecule has 1 amide bonds. The quantitative estimate of drug-likeness (QED) is 0.428. The Labute approximate surface area is 246 Å². The topological polar surface area (TPSA) is 99.7 Å². The Balaban J connectivity index is 1.45. The van der Waals surface area contributed by atoms with Crippen LogP contribution < -0.4 is 14.4 Å². The average Bonchev–Trinajstić information content (AvgIpc) is 3.31. The smallest absolute Gasteiger partial charge is 0.414 e. The van der Waals surface area contributed by atoms with Crippen LogP contribution in [0, 0.1) is 6.92 Å². The minimum atomic E-state index is -1.19. The van der Waals surface area contributed by atoms with Gasteiger partial charge in [0.25, 0.3) is 5.79 Å². The van der Waals surface area contributed by atoms with E-state index in [1.165, 1.54) is 12.0 Å². The maximum Gasteiger partial charge on any atom is 0.414 e. The number of rotatable bonds is 4. The van der Waals surface area contributed by atoms with Gasteiger partial charge in [-0.1, -0.05) is 6.08 Å². The molecule has 0 radical (unpaired) electrons. The number of benzene rings is 1. The lowest BCUT2D eigenvalue weighted by molar-refractivity contribution is -0.0237. The molecule has 3 atom stereocenters. The summed E-state index contributed by atoms with van der Waals surface area (Å²) in [6.45, 7) is 15.0. The molecule has 0 N–H and O–H groups in total. The van der Waals surface area contributed by atoms with Crippen LogP contribution in [0.15, 0.2) is 48.3 Å². The van der Waals surface area contributed by atoms with E-state index in [1.54, 1.807) is 31.5 Å². The number of methoxy groups -OCH3 is 1. The van der Waals surface area contributed by atoms with Gasteiger partial charge in [0.1, 0.15) is 11.4 Å². The molecule has 0 saturated carbocycles. The third kappa shape index (κ3) is 5.81. The number of carbonyl (C=O) groups is 2. The van der Waals surface area contributed by atoms with E-state index in [0.717, 1.165) is 30.0 Å². The van der Waals surface area contributed by atoms with E-state index in [2.05, 4.69) is 18.7 Å². The van der Waals surface area contributed by atoms with Gasteiger partial charge in [-0.3, -0.25) is 4.90 Å². The molecule has 1 fully saturated rings. The van der Waals surface area contributed by atoms with Gasteiger partial charge in [0.2, 0.25) is 0 Å².